The third kappa shape index (κ3) is 2.81. The van der Waals surface area contributed by atoms with Crippen molar-refractivity contribution in [2.24, 2.45) is 5.41 Å². The van der Waals surface area contributed by atoms with Crippen LogP contribution in [0.4, 0.5) is 0 Å². The molecule has 0 aliphatic carbocycles. The number of hydrogen-bond acceptors (Lipinski definition) is 4. The van der Waals surface area contributed by atoms with Crippen molar-refractivity contribution >= 4 is 11.8 Å². The predicted molar refractivity (Wildman–Crippen MR) is 72.8 cm³/mol. The lowest BCUT2D eigenvalue weighted by Crippen LogP contribution is -2.50. The van der Waals surface area contributed by atoms with Crippen LogP contribution in [-0.2, 0) is 9.59 Å². The average Bonchev–Trinajstić information content (AvgIpc) is 2.94. The SMILES string of the molecule is CC(C)(C)C(=O)N1CCCC1C(=O)N1CC(O)C(O)C1. The lowest BCUT2D eigenvalue weighted by molar-refractivity contribution is -0.148. The molecule has 2 fully saturated rings. The van der Waals surface area contributed by atoms with E-state index in [0.717, 1.165) is 6.42 Å². The fourth-order valence-corrected chi connectivity index (χ4v) is 2.86. The van der Waals surface area contributed by atoms with Crippen molar-refractivity contribution in [3.05, 3.63) is 0 Å². The third-order valence-corrected chi connectivity index (χ3v) is 4.01. The molecule has 0 radical (unpaired) electrons. The van der Waals surface area contributed by atoms with Gasteiger partial charge in [0, 0.05) is 25.0 Å². The lowest BCUT2D eigenvalue weighted by atomic mass is 9.94. The van der Waals surface area contributed by atoms with Gasteiger partial charge in [-0.1, -0.05) is 20.8 Å². The number of hydrogen-bond donors (Lipinski definition) is 2. The molecule has 0 saturated carbocycles. The summed E-state index contributed by atoms with van der Waals surface area (Å²) in [7, 11) is 0. The second-order valence-electron chi connectivity index (χ2n) is 6.78. The Labute approximate surface area is 119 Å². The van der Waals surface area contributed by atoms with Crippen LogP contribution in [0.5, 0.6) is 0 Å². The number of rotatable bonds is 1. The minimum Gasteiger partial charge on any atom is -0.388 e. The Kier molecular flexibility index (Phi) is 4.07. The van der Waals surface area contributed by atoms with Gasteiger partial charge < -0.3 is 20.0 Å². The molecular formula is C14H24N2O4. The summed E-state index contributed by atoms with van der Waals surface area (Å²) in [6, 6.07) is -0.445. The number of likely N-dealkylation sites (tertiary alicyclic amines) is 2. The van der Waals surface area contributed by atoms with Crippen molar-refractivity contribution in [1.82, 2.24) is 9.80 Å². The standard InChI is InChI=1S/C14H24N2O4/c1-14(2,3)13(20)16-6-4-5-9(16)12(19)15-7-10(17)11(18)8-15/h9-11,17-18H,4-8H2,1-3H3. The Morgan fingerprint density at radius 1 is 1.10 bits per heavy atom. The van der Waals surface area contributed by atoms with Gasteiger partial charge in [0.25, 0.3) is 0 Å². The molecule has 2 aliphatic heterocycles. The summed E-state index contributed by atoms with van der Waals surface area (Å²) in [6.07, 6.45) is -0.292. The predicted octanol–water partition coefficient (Wildman–Crippen LogP) is -0.412. The maximum atomic E-state index is 12.5. The number of aliphatic hydroxyl groups excluding tert-OH is 2. The molecule has 2 heterocycles. The Morgan fingerprint density at radius 2 is 1.65 bits per heavy atom. The largest absolute Gasteiger partial charge is 0.388 e. The Bertz CT molecular complexity index is 394. The molecule has 3 atom stereocenters. The lowest BCUT2D eigenvalue weighted by Gasteiger charge is -2.32. The van der Waals surface area contributed by atoms with Gasteiger partial charge in [-0.3, -0.25) is 9.59 Å². The van der Waals surface area contributed by atoms with Crippen molar-refractivity contribution in [3.8, 4) is 0 Å². The molecule has 2 aliphatic rings. The smallest absolute Gasteiger partial charge is 0.245 e. The Balaban J connectivity index is 2.08. The summed E-state index contributed by atoms with van der Waals surface area (Å²) < 4.78 is 0. The zero-order valence-corrected chi connectivity index (χ0v) is 12.4. The van der Waals surface area contributed by atoms with Crippen LogP contribution in [0.25, 0.3) is 0 Å². The molecule has 2 saturated heterocycles. The maximum absolute atomic E-state index is 12.5. The molecule has 0 spiro atoms. The highest BCUT2D eigenvalue weighted by atomic mass is 16.3. The minimum absolute atomic E-state index is 0.0198. The molecule has 0 bridgehead atoms. The summed E-state index contributed by atoms with van der Waals surface area (Å²) in [5, 5.41) is 19.1. The van der Waals surface area contributed by atoms with E-state index in [1.807, 2.05) is 20.8 Å². The average molecular weight is 284 g/mol. The summed E-state index contributed by atoms with van der Waals surface area (Å²) in [4.78, 5) is 28.0. The van der Waals surface area contributed by atoms with Gasteiger partial charge in [-0.2, -0.15) is 0 Å². The zero-order chi connectivity index (χ0) is 15.1. The van der Waals surface area contributed by atoms with E-state index >= 15 is 0 Å². The normalized spacial score (nSPS) is 30.9. The Hall–Kier alpha value is -1.14. The van der Waals surface area contributed by atoms with Gasteiger partial charge in [0.15, 0.2) is 0 Å². The Morgan fingerprint density at radius 3 is 2.15 bits per heavy atom. The highest BCUT2D eigenvalue weighted by molar-refractivity contribution is 5.90. The van der Waals surface area contributed by atoms with Gasteiger partial charge in [0.05, 0.1) is 12.2 Å². The van der Waals surface area contributed by atoms with Crippen LogP contribution < -0.4 is 0 Å². The summed E-state index contributed by atoms with van der Waals surface area (Å²) in [6.45, 7) is 6.43. The van der Waals surface area contributed by atoms with Gasteiger partial charge in [-0.15, -0.1) is 0 Å². The van der Waals surface area contributed by atoms with E-state index in [1.54, 1.807) is 4.90 Å². The van der Waals surface area contributed by atoms with Crippen LogP contribution in [0.1, 0.15) is 33.6 Å². The van der Waals surface area contributed by atoms with E-state index in [-0.39, 0.29) is 24.9 Å². The van der Waals surface area contributed by atoms with Gasteiger partial charge in [0.2, 0.25) is 11.8 Å². The van der Waals surface area contributed by atoms with Crippen molar-refractivity contribution in [2.45, 2.75) is 51.9 Å². The highest BCUT2D eigenvalue weighted by Gasteiger charge is 2.42. The second-order valence-corrected chi connectivity index (χ2v) is 6.78. The van der Waals surface area contributed by atoms with Crippen LogP contribution in [0.15, 0.2) is 0 Å². The highest BCUT2D eigenvalue weighted by Crippen LogP contribution is 2.27. The molecule has 0 aromatic heterocycles. The quantitative estimate of drug-likeness (QED) is 0.686. The third-order valence-electron chi connectivity index (χ3n) is 4.01. The molecular weight excluding hydrogens is 260 g/mol. The van der Waals surface area contributed by atoms with E-state index in [1.165, 1.54) is 4.90 Å². The summed E-state index contributed by atoms with van der Waals surface area (Å²) in [5.74, 6) is -0.177. The molecule has 2 N–H and O–H groups in total. The van der Waals surface area contributed by atoms with Gasteiger partial charge in [0.1, 0.15) is 6.04 Å². The number of aliphatic hydroxyl groups is 2. The first-order valence-corrected chi connectivity index (χ1v) is 7.18. The maximum Gasteiger partial charge on any atom is 0.245 e. The first-order valence-electron chi connectivity index (χ1n) is 7.18. The van der Waals surface area contributed by atoms with Crippen molar-refractivity contribution < 1.29 is 19.8 Å². The molecule has 0 aromatic rings. The molecule has 0 aromatic carbocycles. The monoisotopic (exact) mass is 284 g/mol. The van der Waals surface area contributed by atoms with Gasteiger partial charge >= 0.3 is 0 Å². The van der Waals surface area contributed by atoms with Crippen molar-refractivity contribution in [3.63, 3.8) is 0 Å². The van der Waals surface area contributed by atoms with Gasteiger partial charge in [-0.05, 0) is 12.8 Å². The van der Waals surface area contributed by atoms with Crippen molar-refractivity contribution in [2.75, 3.05) is 19.6 Å². The van der Waals surface area contributed by atoms with E-state index < -0.39 is 23.7 Å². The summed E-state index contributed by atoms with van der Waals surface area (Å²) in [5.41, 5.74) is -0.507. The zero-order valence-electron chi connectivity index (χ0n) is 12.4. The molecule has 3 unspecified atom stereocenters. The van der Waals surface area contributed by atoms with E-state index in [0.29, 0.717) is 13.0 Å². The van der Waals surface area contributed by atoms with Gasteiger partial charge in [-0.25, -0.2) is 0 Å². The van der Waals surface area contributed by atoms with E-state index in [9.17, 15) is 19.8 Å². The molecule has 6 nitrogen and oxygen atoms in total. The van der Waals surface area contributed by atoms with Crippen LogP contribution in [0, 0.1) is 5.41 Å². The van der Waals surface area contributed by atoms with Crippen LogP contribution in [0.3, 0.4) is 0 Å². The molecule has 114 valence electrons. The molecule has 2 amide bonds. The second kappa shape index (κ2) is 5.33. The number of carbonyl (C=O) groups is 2. The number of carbonyl (C=O) groups excluding carboxylic acids is 2. The molecule has 6 heteroatoms. The summed E-state index contributed by atoms with van der Waals surface area (Å²) >= 11 is 0. The number of amides is 2. The topological polar surface area (TPSA) is 81.1 Å². The van der Waals surface area contributed by atoms with Crippen molar-refractivity contribution in [1.29, 1.82) is 0 Å². The number of β-amino-alcohol motifs (C(OH)–C–C–N with tert-alkyl or cyclic N) is 2. The first-order chi connectivity index (χ1) is 9.21. The van der Waals surface area contributed by atoms with E-state index in [2.05, 4.69) is 0 Å². The minimum atomic E-state index is -0.882. The fraction of sp³-hybridized carbons (Fsp3) is 0.857. The van der Waals surface area contributed by atoms with Crippen LogP contribution in [-0.4, -0.2) is 69.7 Å². The molecule has 20 heavy (non-hydrogen) atoms. The number of nitrogens with zero attached hydrogens (tertiary/aromatic N) is 2. The fourth-order valence-electron chi connectivity index (χ4n) is 2.86. The van der Waals surface area contributed by atoms with Crippen LogP contribution >= 0.6 is 0 Å². The van der Waals surface area contributed by atoms with E-state index in [4.69, 9.17) is 0 Å². The first kappa shape index (κ1) is 15.3. The molecule has 2 rings (SSSR count). The van der Waals surface area contributed by atoms with Crippen LogP contribution in [0.2, 0.25) is 0 Å².